The third-order valence-corrected chi connectivity index (χ3v) is 5.43. The molecule has 3 aromatic rings. The molecule has 0 radical (unpaired) electrons. The molecule has 0 saturated heterocycles. The first-order chi connectivity index (χ1) is 15.7. The minimum atomic E-state index is -4.45. The van der Waals surface area contributed by atoms with Crippen LogP contribution in [0.25, 0.3) is 0 Å². The molecule has 2 N–H and O–H groups in total. The van der Waals surface area contributed by atoms with E-state index in [1.165, 1.54) is 12.1 Å². The monoisotopic (exact) mass is 459 g/mol. The van der Waals surface area contributed by atoms with Gasteiger partial charge in [0, 0.05) is 25.0 Å². The number of aromatic nitrogens is 1. The number of aryl methyl sites for hydroxylation is 2. The molecule has 33 heavy (non-hydrogen) atoms. The zero-order chi connectivity index (χ0) is 24.0. The molecule has 0 saturated carbocycles. The first-order valence-corrected chi connectivity index (χ1v) is 10.5. The Kier molecular flexibility index (Phi) is 7.81. The fourth-order valence-electron chi connectivity index (χ4n) is 3.58. The summed E-state index contributed by atoms with van der Waals surface area (Å²) in [4.78, 5) is 16.6. The van der Waals surface area contributed by atoms with Crippen molar-refractivity contribution in [3.05, 3.63) is 101 Å². The minimum absolute atomic E-state index is 0.238. The van der Waals surface area contributed by atoms with Crippen LogP contribution in [0.4, 0.5) is 17.6 Å². The van der Waals surface area contributed by atoms with Crippen molar-refractivity contribution in [1.82, 2.24) is 15.6 Å². The van der Waals surface area contributed by atoms with E-state index in [0.29, 0.717) is 24.1 Å². The molecule has 8 heteroatoms. The lowest BCUT2D eigenvalue weighted by molar-refractivity contribution is -0.137. The number of alkyl halides is 3. The van der Waals surface area contributed by atoms with Crippen molar-refractivity contribution in [2.45, 2.75) is 38.0 Å². The number of likely N-dealkylation sites (N-methyl/N-ethyl adjacent to an activating group) is 1. The second-order valence-corrected chi connectivity index (χ2v) is 7.76. The normalized spacial score (nSPS) is 13.4. The standard InChI is InChI=1S/C25H25F4N3O/c1-16-14-18(8-12-21(16)26)22(13-11-20-10-9-19(15-31-20)25(27,28)29)32-23(24(33)30-2)17-6-4-3-5-7-17/h3-10,12,14-15,22-23,32H,11,13H2,1-2H3,(H,30,33)/t22-,23?/m0/s1. The molecule has 0 aliphatic heterocycles. The highest BCUT2D eigenvalue weighted by molar-refractivity contribution is 5.83. The molecule has 2 atom stereocenters. The molecule has 2 aromatic carbocycles. The van der Waals surface area contributed by atoms with Crippen molar-refractivity contribution < 1.29 is 22.4 Å². The van der Waals surface area contributed by atoms with E-state index in [4.69, 9.17) is 0 Å². The molecular formula is C25H25F4N3O. The summed E-state index contributed by atoms with van der Waals surface area (Å²) in [7, 11) is 1.54. The highest BCUT2D eigenvalue weighted by atomic mass is 19.4. The number of carbonyl (C=O) groups excluding carboxylic acids is 1. The van der Waals surface area contributed by atoms with Crippen LogP contribution in [-0.4, -0.2) is 17.9 Å². The molecule has 1 unspecified atom stereocenters. The summed E-state index contributed by atoms with van der Waals surface area (Å²) in [6.07, 6.45) is -2.83. The number of carbonyl (C=O) groups is 1. The van der Waals surface area contributed by atoms with Gasteiger partial charge in [-0.05, 0) is 54.7 Å². The molecular weight excluding hydrogens is 434 g/mol. The van der Waals surface area contributed by atoms with E-state index in [1.807, 2.05) is 30.3 Å². The Bertz CT molecular complexity index is 1070. The van der Waals surface area contributed by atoms with Crippen LogP contribution in [0.5, 0.6) is 0 Å². The van der Waals surface area contributed by atoms with Gasteiger partial charge in [-0.15, -0.1) is 0 Å². The number of hydrogen-bond acceptors (Lipinski definition) is 3. The Hall–Kier alpha value is -3.26. The van der Waals surface area contributed by atoms with E-state index >= 15 is 0 Å². The Morgan fingerprint density at radius 1 is 1.03 bits per heavy atom. The van der Waals surface area contributed by atoms with Crippen molar-refractivity contribution in [2.24, 2.45) is 0 Å². The minimum Gasteiger partial charge on any atom is -0.358 e. The largest absolute Gasteiger partial charge is 0.417 e. The van der Waals surface area contributed by atoms with Gasteiger partial charge in [-0.2, -0.15) is 13.2 Å². The first kappa shape index (κ1) is 24.4. The highest BCUT2D eigenvalue weighted by Crippen LogP contribution is 2.29. The van der Waals surface area contributed by atoms with E-state index < -0.39 is 17.8 Å². The highest BCUT2D eigenvalue weighted by Gasteiger charge is 2.30. The van der Waals surface area contributed by atoms with Gasteiger partial charge in [-0.3, -0.25) is 15.1 Å². The van der Waals surface area contributed by atoms with Crippen LogP contribution < -0.4 is 10.6 Å². The maximum atomic E-state index is 13.9. The van der Waals surface area contributed by atoms with Crippen molar-refractivity contribution in [1.29, 1.82) is 0 Å². The number of rotatable bonds is 8. The lowest BCUT2D eigenvalue weighted by Gasteiger charge is -2.26. The SMILES string of the molecule is CNC(=O)C(N[C@@H](CCc1ccc(C(F)(F)F)cn1)c1ccc(F)c(C)c1)c1ccccc1. The van der Waals surface area contributed by atoms with Gasteiger partial charge in [0.2, 0.25) is 5.91 Å². The lowest BCUT2D eigenvalue weighted by Crippen LogP contribution is -2.38. The van der Waals surface area contributed by atoms with Crippen LogP contribution in [0.3, 0.4) is 0 Å². The Balaban J connectivity index is 1.87. The van der Waals surface area contributed by atoms with Crippen LogP contribution in [0.15, 0.2) is 66.9 Å². The third kappa shape index (κ3) is 6.38. The Labute approximate surface area is 190 Å². The number of halogens is 4. The molecule has 1 amide bonds. The van der Waals surface area contributed by atoms with Crippen LogP contribution >= 0.6 is 0 Å². The van der Waals surface area contributed by atoms with E-state index in [1.54, 1.807) is 26.1 Å². The van der Waals surface area contributed by atoms with Crippen molar-refractivity contribution in [3.8, 4) is 0 Å². The maximum absolute atomic E-state index is 13.9. The third-order valence-electron chi connectivity index (χ3n) is 5.43. The van der Waals surface area contributed by atoms with Crippen LogP contribution in [-0.2, 0) is 17.4 Å². The molecule has 174 valence electrons. The second-order valence-electron chi connectivity index (χ2n) is 7.76. The summed E-state index contributed by atoms with van der Waals surface area (Å²) >= 11 is 0. The van der Waals surface area contributed by atoms with Gasteiger partial charge in [0.25, 0.3) is 0 Å². The predicted octanol–water partition coefficient (Wildman–Crippen LogP) is 5.30. The number of pyridine rings is 1. The topological polar surface area (TPSA) is 54.0 Å². The molecule has 3 rings (SSSR count). The van der Waals surface area contributed by atoms with Gasteiger partial charge in [0.1, 0.15) is 11.9 Å². The second kappa shape index (κ2) is 10.6. The molecule has 1 heterocycles. The number of benzene rings is 2. The number of amides is 1. The van der Waals surface area contributed by atoms with Crippen LogP contribution in [0.2, 0.25) is 0 Å². The molecule has 0 aliphatic carbocycles. The van der Waals surface area contributed by atoms with E-state index in [-0.39, 0.29) is 17.8 Å². The van der Waals surface area contributed by atoms with Gasteiger partial charge in [-0.1, -0.05) is 42.5 Å². The summed E-state index contributed by atoms with van der Waals surface area (Å²) in [6, 6.07) is 15.2. The fraction of sp³-hybridized carbons (Fsp3) is 0.280. The summed E-state index contributed by atoms with van der Waals surface area (Å²) in [5, 5.41) is 6.00. The van der Waals surface area contributed by atoms with Crippen molar-refractivity contribution >= 4 is 5.91 Å². The summed E-state index contributed by atoms with van der Waals surface area (Å²) in [5.41, 5.74) is 1.67. The molecule has 0 spiro atoms. The fourth-order valence-corrected chi connectivity index (χ4v) is 3.58. The Morgan fingerprint density at radius 3 is 2.33 bits per heavy atom. The summed E-state index contributed by atoms with van der Waals surface area (Å²) in [5.74, 6) is -0.578. The Morgan fingerprint density at radius 2 is 1.76 bits per heavy atom. The first-order valence-electron chi connectivity index (χ1n) is 10.5. The maximum Gasteiger partial charge on any atom is 0.417 e. The van der Waals surface area contributed by atoms with Crippen LogP contribution in [0.1, 0.15) is 46.5 Å². The number of nitrogens with zero attached hydrogens (tertiary/aromatic N) is 1. The average Bonchev–Trinajstić information content (AvgIpc) is 2.81. The van der Waals surface area contributed by atoms with Gasteiger partial charge < -0.3 is 5.32 Å². The van der Waals surface area contributed by atoms with Crippen LogP contribution in [0, 0.1) is 12.7 Å². The van der Waals surface area contributed by atoms with Gasteiger partial charge in [0.15, 0.2) is 0 Å². The smallest absolute Gasteiger partial charge is 0.358 e. The molecule has 4 nitrogen and oxygen atoms in total. The quantitative estimate of drug-likeness (QED) is 0.450. The lowest BCUT2D eigenvalue weighted by atomic mass is 9.96. The molecule has 1 aromatic heterocycles. The van der Waals surface area contributed by atoms with Gasteiger partial charge in [0.05, 0.1) is 5.56 Å². The average molecular weight is 459 g/mol. The van der Waals surface area contributed by atoms with Gasteiger partial charge in [-0.25, -0.2) is 4.39 Å². The number of hydrogen-bond donors (Lipinski definition) is 2. The zero-order valence-electron chi connectivity index (χ0n) is 18.3. The van der Waals surface area contributed by atoms with E-state index in [9.17, 15) is 22.4 Å². The molecule has 0 aliphatic rings. The zero-order valence-corrected chi connectivity index (χ0v) is 18.3. The number of nitrogens with one attached hydrogen (secondary N) is 2. The summed E-state index contributed by atoms with van der Waals surface area (Å²) < 4.78 is 52.3. The van der Waals surface area contributed by atoms with E-state index in [0.717, 1.165) is 23.4 Å². The predicted molar refractivity (Wildman–Crippen MR) is 118 cm³/mol. The summed E-state index contributed by atoms with van der Waals surface area (Å²) in [6.45, 7) is 1.65. The van der Waals surface area contributed by atoms with E-state index in [2.05, 4.69) is 15.6 Å². The molecule has 0 fully saturated rings. The van der Waals surface area contributed by atoms with Crippen molar-refractivity contribution in [3.63, 3.8) is 0 Å². The van der Waals surface area contributed by atoms with Crippen molar-refractivity contribution in [2.75, 3.05) is 7.05 Å². The van der Waals surface area contributed by atoms with Gasteiger partial charge >= 0.3 is 6.18 Å². The molecule has 0 bridgehead atoms.